The van der Waals surface area contributed by atoms with E-state index in [1.165, 1.54) is 12.1 Å². The summed E-state index contributed by atoms with van der Waals surface area (Å²) in [7, 11) is 0. The topological polar surface area (TPSA) is 62.5 Å². The highest BCUT2D eigenvalue weighted by Gasteiger charge is 2.13. The molecule has 0 aliphatic heterocycles. The van der Waals surface area contributed by atoms with Crippen molar-refractivity contribution in [1.29, 1.82) is 0 Å². The lowest BCUT2D eigenvalue weighted by Gasteiger charge is -2.05. The maximum atomic E-state index is 13.0. The van der Waals surface area contributed by atoms with Gasteiger partial charge in [0, 0.05) is 5.69 Å². The van der Waals surface area contributed by atoms with Gasteiger partial charge in [0.1, 0.15) is 22.9 Å². The predicted molar refractivity (Wildman–Crippen MR) is 71.8 cm³/mol. The zero-order valence-electron chi connectivity index (χ0n) is 10.0. The molecule has 1 aromatic carbocycles. The molecule has 0 aliphatic carbocycles. The van der Waals surface area contributed by atoms with Gasteiger partial charge in [0.15, 0.2) is 0 Å². The smallest absolute Gasteiger partial charge is 0.339 e. The van der Waals surface area contributed by atoms with Crippen molar-refractivity contribution < 1.29 is 18.7 Å². The van der Waals surface area contributed by atoms with E-state index in [9.17, 15) is 9.18 Å². The number of nitrogens with one attached hydrogen (secondary N) is 1. The van der Waals surface area contributed by atoms with E-state index < -0.39 is 5.97 Å². The second-order valence-corrected chi connectivity index (χ2v) is 4.82. The SMILES string of the molecule is Cc1oc(CNc2ccc(F)c(Br)c2)cc1C(=O)O. The van der Waals surface area contributed by atoms with Crippen LogP contribution in [0.15, 0.2) is 33.2 Å². The lowest BCUT2D eigenvalue weighted by Crippen LogP contribution is -1.99. The summed E-state index contributed by atoms with van der Waals surface area (Å²) in [5.41, 5.74) is 0.858. The minimum atomic E-state index is -1.02. The van der Waals surface area contributed by atoms with Crippen LogP contribution in [0.2, 0.25) is 0 Å². The van der Waals surface area contributed by atoms with Crippen molar-refractivity contribution in [3.05, 3.63) is 51.6 Å². The van der Waals surface area contributed by atoms with Gasteiger partial charge in [-0.15, -0.1) is 0 Å². The van der Waals surface area contributed by atoms with Gasteiger partial charge in [0.05, 0.1) is 11.0 Å². The number of benzene rings is 1. The van der Waals surface area contributed by atoms with Crippen LogP contribution in [0.3, 0.4) is 0 Å². The summed E-state index contributed by atoms with van der Waals surface area (Å²) in [5.74, 6) is -0.482. The first-order valence-corrected chi connectivity index (χ1v) is 6.28. The monoisotopic (exact) mass is 327 g/mol. The summed E-state index contributed by atoms with van der Waals surface area (Å²) in [6.45, 7) is 1.92. The van der Waals surface area contributed by atoms with Crippen molar-refractivity contribution in [1.82, 2.24) is 0 Å². The molecule has 2 aromatic rings. The molecular formula is C13H11BrFNO3. The fraction of sp³-hybridized carbons (Fsp3) is 0.154. The first-order valence-electron chi connectivity index (χ1n) is 5.49. The predicted octanol–water partition coefficient (Wildman–Crippen LogP) is 3.80. The van der Waals surface area contributed by atoms with Gasteiger partial charge in [0.25, 0.3) is 0 Å². The van der Waals surface area contributed by atoms with E-state index in [1.807, 2.05) is 0 Å². The molecule has 0 saturated carbocycles. The molecule has 0 unspecified atom stereocenters. The van der Waals surface area contributed by atoms with Crippen molar-refractivity contribution in [2.45, 2.75) is 13.5 Å². The first kappa shape index (κ1) is 13.6. The molecule has 0 radical (unpaired) electrons. The number of carbonyl (C=O) groups is 1. The number of anilines is 1. The third kappa shape index (κ3) is 3.14. The number of rotatable bonds is 4. The molecule has 0 fully saturated rings. The van der Waals surface area contributed by atoms with Crippen LogP contribution in [0, 0.1) is 12.7 Å². The van der Waals surface area contributed by atoms with E-state index in [2.05, 4.69) is 21.2 Å². The number of carboxylic acid groups (broad SMARTS) is 1. The van der Waals surface area contributed by atoms with Crippen LogP contribution in [-0.4, -0.2) is 11.1 Å². The zero-order valence-corrected chi connectivity index (χ0v) is 11.6. The molecule has 19 heavy (non-hydrogen) atoms. The van der Waals surface area contributed by atoms with Crippen molar-refractivity contribution in [3.8, 4) is 0 Å². The van der Waals surface area contributed by atoms with E-state index in [4.69, 9.17) is 9.52 Å². The van der Waals surface area contributed by atoms with Crippen LogP contribution >= 0.6 is 15.9 Å². The molecule has 0 atom stereocenters. The van der Waals surface area contributed by atoms with E-state index in [1.54, 1.807) is 19.1 Å². The molecule has 0 amide bonds. The Balaban J connectivity index is 2.08. The van der Waals surface area contributed by atoms with Gasteiger partial charge in [-0.3, -0.25) is 0 Å². The molecule has 0 aliphatic rings. The Morgan fingerprint density at radius 1 is 1.47 bits per heavy atom. The van der Waals surface area contributed by atoms with Gasteiger partial charge in [-0.1, -0.05) is 0 Å². The van der Waals surface area contributed by atoms with Crippen LogP contribution in [0.25, 0.3) is 0 Å². The lowest BCUT2D eigenvalue weighted by atomic mass is 10.2. The zero-order chi connectivity index (χ0) is 14.0. The second-order valence-electron chi connectivity index (χ2n) is 3.97. The van der Waals surface area contributed by atoms with E-state index in [0.717, 1.165) is 0 Å². The Morgan fingerprint density at radius 2 is 2.21 bits per heavy atom. The highest BCUT2D eigenvalue weighted by molar-refractivity contribution is 9.10. The summed E-state index contributed by atoms with van der Waals surface area (Å²) in [4.78, 5) is 10.9. The van der Waals surface area contributed by atoms with Crippen molar-refractivity contribution >= 4 is 27.6 Å². The maximum Gasteiger partial charge on any atom is 0.339 e. The average Bonchev–Trinajstić information content (AvgIpc) is 2.72. The van der Waals surface area contributed by atoms with Crippen molar-refractivity contribution in [3.63, 3.8) is 0 Å². The number of carboxylic acids is 1. The molecule has 0 spiro atoms. The highest BCUT2D eigenvalue weighted by Crippen LogP contribution is 2.21. The molecule has 0 bridgehead atoms. The molecule has 6 heteroatoms. The molecule has 1 aromatic heterocycles. The van der Waals surface area contributed by atoms with Gasteiger partial charge in [-0.05, 0) is 47.1 Å². The Hall–Kier alpha value is -1.82. The number of aryl methyl sites for hydroxylation is 1. The van der Waals surface area contributed by atoms with Crippen molar-refractivity contribution in [2.75, 3.05) is 5.32 Å². The second kappa shape index (κ2) is 5.44. The molecular weight excluding hydrogens is 317 g/mol. The van der Waals surface area contributed by atoms with Gasteiger partial charge in [-0.2, -0.15) is 0 Å². The fourth-order valence-corrected chi connectivity index (χ4v) is 2.02. The average molecular weight is 328 g/mol. The van der Waals surface area contributed by atoms with Gasteiger partial charge < -0.3 is 14.8 Å². The maximum absolute atomic E-state index is 13.0. The summed E-state index contributed by atoms with van der Waals surface area (Å²) in [5, 5.41) is 11.9. The number of furan rings is 1. The van der Waals surface area contributed by atoms with Gasteiger partial charge in [0.2, 0.25) is 0 Å². The lowest BCUT2D eigenvalue weighted by molar-refractivity contribution is 0.0695. The quantitative estimate of drug-likeness (QED) is 0.896. The van der Waals surface area contributed by atoms with Gasteiger partial charge in [-0.25, -0.2) is 9.18 Å². The van der Waals surface area contributed by atoms with Crippen LogP contribution < -0.4 is 5.32 Å². The Bertz CT molecular complexity index is 624. The molecule has 0 saturated heterocycles. The standard InChI is InChI=1S/C13H11BrFNO3/c1-7-10(13(17)18)5-9(19-7)6-16-8-2-3-12(15)11(14)4-8/h2-5,16H,6H2,1H3,(H,17,18). The van der Waals surface area contributed by atoms with Crippen LogP contribution in [0.1, 0.15) is 21.9 Å². The van der Waals surface area contributed by atoms with E-state index in [-0.39, 0.29) is 11.4 Å². The molecule has 4 nitrogen and oxygen atoms in total. The third-order valence-corrected chi connectivity index (χ3v) is 3.19. The van der Waals surface area contributed by atoms with Crippen LogP contribution in [-0.2, 0) is 6.54 Å². The largest absolute Gasteiger partial charge is 0.478 e. The summed E-state index contributed by atoms with van der Waals surface area (Å²) in [6.07, 6.45) is 0. The molecule has 2 N–H and O–H groups in total. The van der Waals surface area contributed by atoms with E-state index >= 15 is 0 Å². The molecule has 1 heterocycles. The van der Waals surface area contributed by atoms with Crippen molar-refractivity contribution in [2.24, 2.45) is 0 Å². The molecule has 2 rings (SSSR count). The Kier molecular flexibility index (Phi) is 3.90. The Morgan fingerprint density at radius 3 is 2.79 bits per heavy atom. The van der Waals surface area contributed by atoms with E-state index in [0.29, 0.717) is 28.2 Å². The molecule has 100 valence electrons. The van der Waals surface area contributed by atoms with Crippen LogP contribution in [0.4, 0.5) is 10.1 Å². The van der Waals surface area contributed by atoms with Gasteiger partial charge >= 0.3 is 5.97 Å². The minimum absolute atomic E-state index is 0.150. The Labute approximate surface area is 117 Å². The first-order chi connectivity index (χ1) is 8.97. The number of hydrogen-bond donors (Lipinski definition) is 2. The normalized spacial score (nSPS) is 10.5. The highest BCUT2D eigenvalue weighted by atomic mass is 79.9. The number of halogens is 2. The summed E-state index contributed by atoms with van der Waals surface area (Å²) in [6, 6.07) is 6.00. The summed E-state index contributed by atoms with van der Waals surface area (Å²) >= 11 is 3.09. The minimum Gasteiger partial charge on any atom is -0.478 e. The third-order valence-electron chi connectivity index (χ3n) is 2.59. The summed E-state index contributed by atoms with van der Waals surface area (Å²) < 4.78 is 18.7. The van der Waals surface area contributed by atoms with Crippen LogP contribution in [0.5, 0.6) is 0 Å². The number of hydrogen-bond acceptors (Lipinski definition) is 3. The number of aromatic carboxylic acids is 1. The fourth-order valence-electron chi connectivity index (χ4n) is 1.64.